The highest BCUT2D eigenvalue weighted by Crippen LogP contribution is 2.30. The molecule has 32 heavy (non-hydrogen) atoms. The normalized spacial score (nSPS) is 19.1. The summed E-state index contributed by atoms with van der Waals surface area (Å²) >= 11 is 6.31. The summed E-state index contributed by atoms with van der Waals surface area (Å²) in [5, 5.41) is 3.72. The number of anilines is 1. The van der Waals surface area contributed by atoms with Gasteiger partial charge in [-0.05, 0) is 44.4 Å². The van der Waals surface area contributed by atoms with Crippen LogP contribution in [0.3, 0.4) is 0 Å². The fraction of sp³-hybridized carbons (Fsp3) is 0.542. The van der Waals surface area contributed by atoms with E-state index in [0.29, 0.717) is 43.1 Å². The van der Waals surface area contributed by atoms with E-state index >= 15 is 0 Å². The lowest BCUT2D eigenvalue weighted by molar-refractivity contribution is -0.157. The summed E-state index contributed by atoms with van der Waals surface area (Å²) < 4.78 is 5.21. The predicted molar refractivity (Wildman–Crippen MR) is 129 cm³/mol. The number of rotatable bonds is 6. The second kappa shape index (κ2) is 10.6. The zero-order valence-corrected chi connectivity index (χ0v) is 20.2. The average molecular weight is 460 g/mol. The van der Waals surface area contributed by atoms with Crippen molar-refractivity contribution in [2.24, 2.45) is 17.1 Å². The van der Waals surface area contributed by atoms with Crippen LogP contribution in [0.1, 0.15) is 38.3 Å². The summed E-state index contributed by atoms with van der Waals surface area (Å²) in [4.78, 5) is 24.2. The fourth-order valence-electron chi connectivity index (χ4n) is 3.81. The minimum Gasteiger partial charge on any atom is -0.379 e. The molecule has 1 aromatic carbocycles. The van der Waals surface area contributed by atoms with Crippen LogP contribution in [-0.2, 0) is 16.1 Å². The highest BCUT2D eigenvalue weighted by Gasteiger charge is 2.41. The zero-order chi connectivity index (χ0) is 23.3. The lowest BCUT2D eigenvalue weighted by atomic mass is 9.87. The SMILES string of the molecule is CC.Cc1ccc(-c2ncc(CNC(=O)C3(C)COC3)c(N3CCC(CN)C3)n2)cc1Cl. The number of benzene rings is 1. The molecular formula is C24H34ClN5O2. The summed E-state index contributed by atoms with van der Waals surface area (Å²) in [6.45, 7) is 11.6. The number of nitrogens with two attached hydrogens (primary N) is 1. The van der Waals surface area contributed by atoms with Gasteiger partial charge in [-0.3, -0.25) is 4.79 Å². The van der Waals surface area contributed by atoms with E-state index in [1.54, 1.807) is 6.20 Å². The maximum Gasteiger partial charge on any atom is 0.230 e. The van der Waals surface area contributed by atoms with E-state index in [2.05, 4.69) is 15.2 Å². The van der Waals surface area contributed by atoms with Crippen molar-refractivity contribution in [3.05, 3.63) is 40.5 Å². The smallest absolute Gasteiger partial charge is 0.230 e. The van der Waals surface area contributed by atoms with E-state index in [1.807, 2.05) is 45.9 Å². The molecule has 1 unspecified atom stereocenters. The summed E-state index contributed by atoms with van der Waals surface area (Å²) in [6, 6.07) is 5.84. The maximum atomic E-state index is 12.5. The molecule has 174 valence electrons. The number of amides is 1. The third-order valence-corrected chi connectivity index (χ3v) is 6.43. The van der Waals surface area contributed by atoms with Gasteiger partial charge in [0.15, 0.2) is 5.82 Å². The molecule has 3 N–H and O–H groups in total. The number of aryl methyl sites for hydroxylation is 1. The van der Waals surface area contributed by atoms with E-state index in [1.165, 1.54) is 0 Å². The van der Waals surface area contributed by atoms with Crippen molar-refractivity contribution in [1.29, 1.82) is 0 Å². The van der Waals surface area contributed by atoms with Crippen LogP contribution in [0.2, 0.25) is 5.02 Å². The molecule has 2 aliphatic rings. The third kappa shape index (κ3) is 5.22. The maximum absolute atomic E-state index is 12.5. The van der Waals surface area contributed by atoms with Gasteiger partial charge in [0.25, 0.3) is 0 Å². The number of halogens is 1. The Morgan fingerprint density at radius 1 is 1.38 bits per heavy atom. The van der Waals surface area contributed by atoms with Crippen molar-refractivity contribution in [2.45, 2.75) is 40.7 Å². The summed E-state index contributed by atoms with van der Waals surface area (Å²) in [5.41, 5.74) is 8.22. The first kappa shape index (κ1) is 24.4. The van der Waals surface area contributed by atoms with Crippen LogP contribution < -0.4 is 16.0 Å². The molecule has 4 rings (SSSR count). The summed E-state index contributed by atoms with van der Waals surface area (Å²) in [7, 11) is 0. The Labute approximate surface area is 195 Å². The van der Waals surface area contributed by atoms with Crippen LogP contribution in [-0.4, -0.2) is 48.7 Å². The first-order valence-electron chi connectivity index (χ1n) is 11.3. The van der Waals surface area contributed by atoms with Crippen molar-refractivity contribution >= 4 is 23.3 Å². The zero-order valence-electron chi connectivity index (χ0n) is 19.4. The van der Waals surface area contributed by atoms with Crippen LogP contribution >= 0.6 is 11.6 Å². The van der Waals surface area contributed by atoms with Gasteiger partial charge in [0.05, 0.1) is 18.6 Å². The van der Waals surface area contributed by atoms with Gasteiger partial charge < -0.3 is 20.7 Å². The number of ether oxygens (including phenoxy) is 1. The van der Waals surface area contributed by atoms with E-state index in [4.69, 9.17) is 27.1 Å². The molecular weight excluding hydrogens is 426 g/mol. The molecule has 3 heterocycles. The number of nitrogens with zero attached hydrogens (tertiary/aromatic N) is 3. The monoisotopic (exact) mass is 459 g/mol. The Morgan fingerprint density at radius 3 is 2.72 bits per heavy atom. The van der Waals surface area contributed by atoms with Crippen LogP contribution in [0.4, 0.5) is 5.82 Å². The molecule has 1 aromatic heterocycles. The first-order valence-corrected chi connectivity index (χ1v) is 11.7. The minimum atomic E-state index is -0.447. The van der Waals surface area contributed by atoms with Crippen LogP contribution in [0.5, 0.6) is 0 Å². The van der Waals surface area contributed by atoms with E-state index in [0.717, 1.165) is 42.0 Å². The number of carbonyl (C=O) groups excluding carboxylic acids is 1. The van der Waals surface area contributed by atoms with Crippen molar-refractivity contribution in [3.8, 4) is 11.4 Å². The molecule has 0 spiro atoms. The number of hydrogen-bond donors (Lipinski definition) is 2. The highest BCUT2D eigenvalue weighted by atomic mass is 35.5. The van der Waals surface area contributed by atoms with Gasteiger partial charge in [-0.25, -0.2) is 9.97 Å². The molecule has 8 heteroatoms. The minimum absolute atomic E-state index is 0.00431. The van der Waals surface area contributed by atoms with Gasteiger partial charge >= 0.3 is 0 Å². The Morgan fingerprint density at radius 2 is 2.12 bits per heavy atom. The molecule has 2 aliphatic heterocycles. The second-order valence-electron chi connectivity index (χ2n) is 8.58. The molecule has 1 amide bonds. The summed E-state index contributed by atoms with van der Waals surface area (Å²) in [6.07, 6.45) is 2.84. The highest BCUT2D eigenvalue weighted by molar-refractivity contribution is 6.31. The van der Waals surface area contributed by atoms with E-state index in [-0.39, 0.29) is 5.91 Å². The van der Waals surface area contributed by atoms with Gasteiger partial charge in [0.2, 0.25) is 5.91 Å². The van der Waals surface area contributed by atoms with Crippen LogP contribution in [0.25, 0.3) is 11.4 Å². The Kier molecular flexibility index (Phi) is 8.09. The lowest BCUT2D eigenvalue weighted by Gasteiger charge is -2.36. The molecule has 0 radical (unpaired) electrons. The number of nitrogens with one attached hydrogen (secondary N) is 1. The van der Waals surface area contributed by atoms with Gasteiger partial charge in [-0.2, -0.15) is 0 Å². The molecule has 1 atom stereocenters. The topological polar surface area (TPSA) is 93.4 Å². The van der Waals surface area contributed by atoms with Crippen LogP contribution in [0.15, 0.2) is 24.4 Å². The molecule has 2 aromatic rings. The molecule has 0 aliphatic carbocycles. The Balaban J connectivity index is 0.00000141. The molecule has 2 fully saturated rings. The van der Waals surface area contributed by atoms with E-state index < -0.39 is 5.41 Å². The largest absolute Gasteiger partial charge is 0.379 e. The van der Waals surface area contributed by atoms with Crippen LogP contribution in [0, 0.1) is 18.3 Å². The average Bonchev–Trinajstić information content (AvgIpc) is 3.28. The third-order valence-electron chi connectivity index (χ3n) is 6.02. The fourth-order valence-corrected chi connectivity index (χ4v) is 3.99. The number of hydrogen-bond acceptors (Lipinski definition) is 6. The number of aromatic nitrogens is 2. The van der Waals surface area contributed by atoms with Crippen molar-refractivity contribution in [3.63, 3.8) is 0 Å². The Hall–Kier alpha value is -2.22. The van der Waals surface area contributed by atoms with Gasteiger partial charge in [-0.1, -0.05) is 37.6 Å². The number of carbonyl (C=O) groups is 1. The lowest BCUT2D eigenvalue weighted by Crippen LogP contribution is -2.51. The Bertz CT molecular complexity index is 948. The van der Waals surface area contributed by atoms with E-state index in [9.17, 15) is 4.79 Å². The predicted octanol–water partition coefficient (Wildman–Crippen LogP) is 3.57. The molecule has 0 bridgehead atoms. The van der Waals surface area contributed by atoms with Crippen molar-refractivity contribution in [2.75, 3.05) is 37.7 Å². The molecule has 7 nitrogen and oxygen atoms in total. The van der Waals surface area contributed by atoms with Crippen molar-refractivity contribution < 1.29 is 9.53 Å². The first-order chi connectivity index (χ1) is 15.4. The standard InChI is InChI=1S/C22H28ClN5O2.C2H6/c1-14-3-4-16(7-18(14)23)19-25-9-17(10-26-21(29)22(2)12-30-13-22)20(27-19)28-6-5-15(8-24)11-28;1-2/h3-4,7,9,15H,5-6,8,10-13,24H2,1-2H3,(H,26,29);1-2H3. The second-order valence-corrected chi connectivity index (χ2v) is 8.99. The van der Waals surface area contributed by atoms with Gasteiger partial charge in [-0.15, -0.1) is 0 Å². The molecule has 0 saturated carbocycles. The van der Waals surface area contributed by atoms with Gasteiger partial charge in [0.1, 0.15) is 5.82 Å². The van der Waals surface area contributed by atoms with Crippen molar-refractivity contribution in [1.82, 2.24) is 15.3 Å². The summed E-state index contributed by atoms with van der Waals surface area (Å²) in [5.74, 6) is 1.92. The quantitative estimate of drug-likeness (QED) is 0.685. The molecule has 2 saturated heterocycles. The van der Waals surface area contributed by atoms with Gasteiger partial charge in [0, 0.05) is 42.0 Å².